The molecule has 0 fully saturated rings. The van der Waals surface area contributed by atoms with Crippen LogP contribution in [0.1, 0.15) is 16.1 Å². The number of carbonyl (C=O) groups is 2. The smallest absolute Gasteiger partial charge is 0.287 e. The lowest BCUT2D eigenvalue weighted by Crippen LogP contribution is -2.45. The Hall–Kier alpha value is -4.13. The average Bonchev–Trinajstić information content (AvgIpc) is 3.48. The molecule has 0 aliphatic carbocycles. The van der Waals surface area contributed by atoms with Crippen LogP contribution in [0, 0.1) is 0 Å². The number of benzene rings is 2. The molecule has 2 heterocycles. The summed E-state index contributed by atoms with van der Waals surface area (Å²) in [5.74, 6) is -0.607. The third kappa shape index (κ3) is 4.64. The minimum Gasteiger partial charge on any atom is -0.459 e. The Morgan fingerprint density at radius 3 is 2.60 bits per heavy atom. The molecule has 4 rings (SSSR count). The van der Waals surface area contributed by atoms with Gasteiger partial charge in [-0.1, -0.05) is 42.5 Å². The lowest BCUT2D eigenvalue weighted by atomic mass is 10.0. The number of nitrogens with zero attached hydrogens (tertiary/aromatic N) is 1. The first-order chi connectivity index (χ1) is 14.7. The van der Waals surface area contributed by atoms with E-state index in [1.54, 1.807) is 24.4 Å². The number of furan rings is 1. The molecule has 0 aliphatic heterocycles. The van der Waals surface area contributed by atoms with Crippen molar-refractivity contribution >= 4 is 17.5 Å². The van der Waals surface area contributed by atoms with Gasteiger partial charge < -0.3 is 15.1 Å². The number of anilines is 1. The number of aromatic nitrogens is 2. The fourth-order valence-electron chi connectivity index (χ4n) is 3.11. The van der Waals surface area contributed by atoms with Gasteiger partial charge in [-0.3, -0.25) is 14.7 Å². The van der Waals surface area contributed by atoms with Crippen LogP contribution in [0.4, 0.5) is 5.69 Å². The molecule has 7 heteroatoms. The Labute approximate surface area is 173 Å². The van der Waals surface area contributed by atoms with Crippen molar-refractivity contribution in [3.8, 4) is 11.3 Å². The van der Waals surface area contributed by atoms with Crippen molar-refractivity contribution in [3.05, 3.63) is 96.6 Å². The summed E-state index contributed by atoms with van der Waals surface area (Å²) in [6, 6.07) is 21.2. The maximum absolute atomic E-state index is 13.0. The maximum Gasteiger partial charge on any atom is 0.287 e. The zero-order valence-corrected chi connectivity index (χ0v) is 16.0. The van der Waals surface area contributed by atoms with Gasteiger partial charge in [-0.2, -0.15) is 5.10 Å². The van der Waals surface area contributed by atoms with Gasteiger partial charge >= 0.3 is 0 Å². The first-order valence-corrected chi connectivity index (χ1v) is 9.48. The van der Waals surface area contributed by atoms with Crippen LogP contribution in [0.3, 0.4) is 0 Å². The molecule has 2 aromatic carbocycles. The van der Waals surface area contributed by atoms with Gasteiger partial charge in [0.15, 0.2) is 5.76 Å². The second kappa shape index (κ2) is 8.91. The highest BCUT2D eigenvalue weighted by atomic mass is 16.3. The quantitative estimate of drug-likeness (QED) is 0.441. The lowest BCUT2D eigenvalue weighted by Gasteiger charge is -2.18. The molecule has 30 heavy (non-hydrogen) atoms. The molecular weight excluding hydrogens is 380 g/mol. The molecule has 0 bridgehead atoms. The van der Waals surface area contributed by atoms with Gasteiger partial charge in [0.2, 0.25) is 5.91 Å². The van der Waals surface area contributed by atoms with Gasteiger partial charge in [0.25, 0.3) is 5.91 Å². The average molecular weight is 400 g/mol. The zero-order chi connectivity index (χ0) is 20.8. The summed E-state index contributed by atoms with van der Waals surface area (Å²) in [6.07, 6.45) is 3.43. The fourth-order valence-corrected chi connectivity index (χ4v) is 3.11. The number of aromatic amines is 1. The second-order valence-electron chi connectivity index (χ2n) is 6.73. The standard InChI is InChI=1S/C23H20N4O3/c28-22(25-18-9-4-8-17(15-18)19-11-12-24-27-19)20(14-16-6-2-1-3-7-16)26-23(29)21-10-5-13-30-21/h1-13,15,20H,14H2,(H,24,27)(H,25,28)(H,26,29). The van der Waals surface area contributed by atoms with E-state index in [1.807, 2.05) is 54.6 Å². The molecule has 0 aliphatic rings. The summed E-state index contributed by atoms with van der Waals surface area (Å²) in [4.78, 5) is 25.5. The van der Waals surface area contributed by atoms with Crippen molar-refractivity contribution in [1.82, 2.24) is 15.5 Å². The SMILES string of the molecule is O=C(NC(Cc1ccccc1)C(=O)Nc1cccc(-c2ccn[nH]2)c1)c1ccco1. The lowest BCUT2D eigenvalue weighted by molar-refractivity contribution is -0.118. The van der Waals surface area contributed by atoms with Crippen LogP contribution >= 0.6 is 0 Å². The van der Waals surface area contributed by atoms with Crippen molar-refractivity contribution in [1.29, 1.82) is 0 Å². The third-order valence-electron chi connectivity index (χ3n) is 4.59. The molecule has 3 N–H and O–H groups in total. The molecule has 1 atom stereocenters. The summed E-state index contributed by atoms with van der Waals surface area (Å²) in [7, 11) is 0. The Morgan fingerprint density at radius 1 is 1.00 bits per heavy atom. The van der Waals surface area contributed by atoms with Crippen LogP contribution in [0.15, 0.2) is 89.7 Å². The Morgan fingerprint density at radius 2 is 1.87 bits per heavy atom. The molecule has 2 amide bonds. The van der Waals surface area contributed by atoms with E-state index in [1.165, 1.54) is 6.26 Å². The molecule has 2 aromatic heterocycles. The fraction of sp³-hybridized carbons (Fsp3) is 0.0870. The van der Waals surface area contributed by atoms with Crippen molar-refractivity contribution in [3.63, 3.8) is 0 Å². The van der Waals surface area contributed by atoms with Crippen LogP contribution in [-0.2, 0) is 11.2 Å². The van der Waals surface area contributed by atoms with E-state index >= 15 is 0 Å². The molecule has 0 spiro atoms. The minimum atomic E-state index is -0.777. The Balaban J connectivity index is 1.53. The van der Waals surface area contributed by atoms with Crippen molar-refractivity contribution in [2.75, 3.05) is 5.32 Å². The van der Waals surface area contributed by atoms with Gasteiger partial charge in [0, 0.05) is 23.9 Å². The molecule has 7 nitrogen and oxygen atoms in total. The van der Waals surface area contributed by atoms with Crippen molar-refractivity contribution in [2.24, 2.45) is 0 Å². The van der Waals surface area contributed by atoms with E-state index in [-0.39, 0.29) is 11.7 Å². The predicted molar refractivity (Wildman–Crippen MR) is 113 cm³/mol. The Kier molecular flexibility index (Phi) is 5.70. The van der Waals surface area contributed by atoms with Gasteiger partial charge in [-0.25, -0.2) is 0 Å². The predicted octanol–water partition coefficient (Wildman–Crippen LogP) is 3.65. The number of carbonyl (C=O) groups excluding carboxylic acids is 2. The maximum atomic E-state index is 13.0. The molecule has 0 saturated carbocycles. The zero-order valence-electron chi connectivity index (χ0n) is 16.0. The number of amides is 2. The first kappa shape index (κ1) is 19.2. The number of H-pyrrole nitrogens is 1. The molecule has 150 valence electrons. The van der Waals surface area contributed by atoms with Gasteiger partial charge in [0.05, 0.1) is 12.0 Å². The topological polar surface area (TPSA) is 100 Å². The first-order valence-electron chi connectivity index (χ1n) is 9.48. The van der Waals surface area contributed by atoms with Crippen LogP contribution in [-0.4, -0.2) is 28.1 Å². The van der Waals surface area contributed by atoms with E-state index in [4.69, 9.17) is 4.42 Å². The van der Waals surface area contributed by atoms with E-state index in [0.717, 1.165) is 16.8 Å². The normalized spacial score (nSPS) is 11.6. The number of nitrogens with one attached hydrogen (secondary N) is 3. The number of hydrogen-bond acceptors (Lipinski definition) is 4. The highest BCUT2D eigenvalue weighted by Gasteiger charge is 2.23. The van der Waals surface area contributed by atoms with Crippen LogP contribution in [0.25, 0.3) is 11.3 Å². The van der Waals surface area contributed by atoms with Gasteiger partial charge in [-0.15, -0.1) is 0 Å². The molecule has 0 radical (unpaired) electrons. The largest absolute Gasteiger partial charge is 0.459 e. The van der Waals surface area contributed by atoms with Crippen LogP contribution in [0.2, 0.25) is 0 Å². The molecule has 0 saturated heterocycles. The van der Waals surface area contributed by atoms with E-state index in [0.29, 0.717) is 12.1 Å². The molecular formula is C23H20N4O3. The summed E-state index contributed by atoms with van der Waals surface area (Å²) in [5.41, 5.74) is 3.30. The monoisotopic (exact) mass is 400 g/mol. The number of rotatable bonds is 7. The minimum absolute atomic E-state index is 0.155. The van der Waals surface area contributed by atoms with Crippen LogP contribution in [0.5, 0.6) is 0 Å². The summed E-state index contributed by atoms with van der Waals surface area (Å²) >= 11 is 0. The van der Waals surface area contributed by atoms with Gasteiger partial charge in [0.1, 0.15) is 6.04 Å². The van der Waals surface area contributed by atoms with Gasteiger partial charge in [-0.05, 0) is 35.9 Å². The van der Waals surface area contributed by atoms with Crippen molar-refractivity contribution in [2.45, 2.75) is 12.5 Å². The highest BCUT2D eigenvalue weighted by molar-refractivity contribution is 6.00. The van der Waals surface area contributed by atoms with E-state index in [2.05, 4.69) is 20.8 Å². The Bertz CT molecular complexity index is 1110. The third-order valence-corrected chi connectivity index (χ3v) is 4.59. The summed E-state index contributed by atoms with van der Waals surface area (Å²) in [6.45, 7) is 0. The van der Waals surface area contributed by atoms with Crippen molar-refractivity contribution < 1.29 is 14.0 Å². The second-order valence-corrected chi connectivity index (χ2v) is 6.73. The van der Waals surface area contributed by atoms with E-state index < -0.39 is 11.9 Å². The highest BCUT2D eigenvalue weighted by Crippen LogP contribution is 2.20. The number of hydrogen-bond donors (Lipinski definition) is 3. The summed E-state index contributed by atoms with van der Waals surface area (Å²) < 4.78 is 5.15. The summed E-state index contributed by atoms with van der Waals surface area (Å²) in [5, 5.41) is 12.5. The van der Waals surface area contributed by atoms with Crippen LogP contribution < -0.4 is 10.6 Å². The molecule has 4 aromatic rings. The molecule has 1 unspecified atom stereocenters. The van der Waals surface area contributed by atoms with E-state index in [9.17, 15) is 9.59 Å².